The molecule has 6 nitrogen and oxygen atoms in total. The van der Waals surface area contributed by atoms with Crippen molar-refractivity contribution in [3.8, 4) is 11.6 Å². The zero-order valence-electron chi connectivity index (χ0n) is 11.2. The Morgan fingerprint density at radius 3 is 2.73 bits per heavy atom. The zero-order valence-corrected chi connectivity index (χ0v) is 12.0. The quantitative estimate of drug-likeness (QED) is 0.772. The highest BCUT2D eigenvalue weighted by molar-refractivity contribution is 6.32. The van der Waals surface area contributed by atoms with Gasteiger partial charge in [-0.1, -0.05) is 29.8 Å². The molecule has 0 spiro atoms. The number of rotatable bonds is 4. The molecular formula is C15H11ClN2O4. The van der Waals surface area contributed by atoms with Crippen LogP contribution in [0.5, 0.6) is 11.6 Å². The number of ether oxygens (including phenoxy) is 1. The lowest BCUT2D eigenvalue weighted by Gasteiger charge is -2.07. The predicted octanol–water partition coefficient (Wildman–Crippen LogP) is 2.97. The van der Waals surface area contributed by atoms with Gasteiger partial charge in [0.2, 0.25) is 0 Å². The van der Waals surface area contributed by atoms with Crippen LogP contribution in [0.25, 0.3) is 5.52 Å². The maximum atomic E-state index is 11.2. The van der Waals surface area contributed by atoms with Gasteiger partial charge in [-0.05, 0) is 24.3 Å². The largest absolute Gasteiger partial charge is 0.494 e. The topological polar surface area (TPSA) is 84.1 Å². The van der Waals surface area contributed by atoms with E-state index >= 15 is 0 Å². The molecule has 0 saturated carbocycles. The monoisotopic (exact) mass is 318 g/mol. The van der Waals surface area contributed by atoms with Gasteiger partial charge in [-0.2, -0.15) is 0 Å². The molecule has 0 fully saturated rings. The molecule has 0 bridgehead atoms. The number of aromatic nitrogens is 2. The molecule has 0 saturated heterocycles. The lowest BCUT2D eigenvalue weighted by Crippen LogP contribution is -2.02. The van der Waals surface area contributed by atoms with Crippen molar-refractivity contribution in [2.45, 2.75) is 6.61 Å². The molecule has 2 aromatic heterocycles. The molecule has 0 aliphatic rings. The number of halogens is 1. The maximum absolute atomic E-state index is 11.2. The number of fused-ring (bicyclic) bond motifs is 1. The van der Waals surface area contributed by atoms with Gasteiger partial charge in [0.05, 0.1) is 10.5 Å². The number of aromatic carboxylic acids is 1. The molecule has 22 heavy (non-hydrogen) atoms. The van der Waals surface area contributed by atoms with Crippen molar-refractivity contribution >= 4 is 23.1 Å². The third-order valence-corrected chi connectivity index (χ3v) is 3.42. The molecule has 0 aliphatic carbocycles. The first kappa shape index (κ1) is 14.2. The van der Waals surface area contributed by atoms with Crippen LogP contribution in [-0.2, 0) is 6.61 Å². The number of carboxylic acid groups (broad SMARTS) is 1. The molecular weight excluding hydrogens is 308 g/mol. The van der Waals surface area contributed by atoms with E-state index in [0.717, 1.165) is 0 Å². The van der Waals surface area contributed by atoms with Crippen LogP contribution in [0.15, 0.2) is 42.5 Å². The summed E-state index contributed by atoms with van der Waals surface area (Å²) in [6, 6.07) is 11.5. The van der Waals surface area contributed by atoms with Crippen LogP contribution in [0.3, 0.4) is 0 Å². The van der Waals surface area contributed by atoms with E-state index in [1.165, 1.54) is 10.5 Å². The number of benzene rings is 1. The highest BCUT2D eigenvalue weighted by atomic mass is 35.5. The highest BCUT2D eigenvalue weighted by Gasteiger charge is 2.19. The zero-order chi connectivity index (χ0) is 15.7. The van der Waals surface area contributed by atoms with Crippen molar-refractivity contribution in [2.24, 2.45) is 0 Å². The Morgan fingerprint density at radius 2 is 2.00 bits per heavy atom. The normalized spacial score (nSPS) is 10.8. The summed E-state index contributed by atoms with van der Waals surface area (Å²) in [5.41, 5.74) is 0.152. The molecule has 0 atom stereocenters. The Balaban J connectivity index is 2.00. The predicted molar refractivity (Wildman–Crippen MR) is 79.6 cm³/mol. The number of nitrogens with zero attached hydrogens (tertiary/aromatic N) is 2. The highest BCUT2D eigenvalue weighted by Crippen LogP contribution is 2.25. The SMILES string of the molecule is O=C(O)c1nc(COc2ccccc2Cl)n2c(O)cccc12. The second kappa shape index (κ2) is 5.57. The fourth-order valence-corrected chi connectivity index (χ4v) is 2.34. The third kappa shape index (κ3) is 2.44. The summed E-state index contributed by atoms with van der Waals surface area (Å²) < 4.78 is 6.89. The molecule has 112 valence electrons. The van der Waals surface area contributed by atoms with Crippen molar-refractivity contribution in [1.29, 1.82) is 0 Å². The number of imidazole rings is 1. The van der Waals surface area contributed by atoms with Crippen molar-refractivity contribution in [1.82, 2.24) is 9.38 Å². The van der Waals surface area contributed by atoms with E-state index in [1.54, 1.807) is 36.4 Å². The van der Waals surface area contributed by atoms with Gasteiger partial charge < -0.3 is 14.9 Å². The third-order valence-electron chi connectivity index (χ3n) is 3.11. The second-order valence-corrected chi connectivity index (χ2v) is 4.91. The number of pyridine rings is 1. The first-order valence-corrected chi connectivity index (χ1v) is 6.75. The van der Waals surface area contributed by atoms with Gasteiger partial charge in [0.15, 0.2) is 17.4 Å². The molecule has 2 heterocycles. The van der Waals surface area contributed by atoms with Crippen molar-refractivity contribution in [3.05, 3.63) is 59.0 Å². The standard InChI is InChI=1S/C15H11ClN2O4/c16-9-4-1-2-6-11(9)22-8-12-17-14(15(20)21)10-5-3-7-13(19)18(10)12/h1-7,19H,8H2,(H,20,21). The van der Waals surface area contributed by atoms with Crippen molar-refractivity contribution in [2.75, 3.05) is 0 Å². The first-order chi connectivity index (χ1) is 10.6. The minimum Gasteiger partial charge on any atom is -0.494 e. The number of hydrogen-bond acceptors (Lipinski definition) is 4. The molecule has 0 unspecified atom stereocenters. The molecule has 3 rings (SSSR count). The molecule has 0 aliphatic heterocycles. The van der Waals surface area contributed by atoms with Crippen LogP contribution in [0.2, 0.25) is 5.02 Å². The van der Waals surface area contributed by atoms with E-state index in [1.807, 2.05) is 0 Å². The fraction of sp³-hybridized carbons (Fsp3) is 0.0667. The smallest absolute Gasteiger partial charge is 0.356 e. The van der Waals surface area contributed by atoms with Gasteiger partial charge >= 0.3 is 5.97 Å². The van der Waals surface area contributed by atoms with Crippen LogP contribution in [0, 0.1) is 0 Å². The van der Waals surface area contributed by atoms with Crippen LogP contribution >= 0.6 is 11.6 Å². The van der Waals surface area contributed by atoms with Crippen LogP contribution in [0.1, 0.15) is 16.3 Å². The Morgan fingerprint density at radius 1 is 1.23 bits per heavy atom. The van der Waals surface area contributed by atoms with E-state index in [2.05, 4.69) is 4.98 Å². The number of aromatic hydroxyl groups is 1. The summed E-state index contributed by atoms with van der Waals surface area (Å²) in [4.78, 5) is 15.3. The van der Waals surface area contributed by atoms with Crippen molar-refractivity contribution in [3.63, 3.8) is 0 Å². The van der Waals surface area contributed by atoms with Gasteiger partial charge in [0.1, 0.15) is 12.4 Å². The summed E-state index contributed by atoms with van der Waals surface area (Å²) in [6.07, 6.45) is 0. The number of carbonyl (C=O) groups is 1. The number of hydrogen-bond donors (Lipinski definition) is 2. The lowest BCUT2D eigenvalue weighted by atomic mass is 10.3. The summed E-state index contributed by atoms with van der Waals surface area (Å²) in [6.45, 7) is -0.0320. The van der Waals surface area contributed by atoms with E-state index in [4.69, 9.17) is 16.3 Å². The van der Waals surface area contributed by atoms with E-state index < -0.39 is 5.97 Å². The minimum absolute atomic E-state index is 0.0320. The van der Waals surface area contributed by atoms with Gasteiger partial charge in [-0.15, -0.1) is 0 Å². The average Bonchev–Trinajstić information content (AvgIpc) is 2.87. The Kier molecular flexibility index (Phi) is 3.60. The minimum atomic E-state index is -1.17. The van der Waals surface area contributed by atoms with E-state index in [-0.39, 0.29) is 24.0 Å². The van der Waals surface area contributed by atoms with E-state index in [9.17, 15) is 15.0 Å². The molecule has 2 N–H and O–H groups in total. The van der Waals surface area contributed by atoms with Crippen LogP contribution in [0.4, 0.5) is 0 Å². The Bertz CT molecular complexity index is 860. The summed E-state index contributed by atoms with van der Waals surface area (Å²) in [5, 5.41) is 19.6. The maximum Gasteiger partial charge on any atom is 0.356 e. The van der Waals surface area contributed by atoms with Gasteiger partial charge in [-0.25, -0.2) is 9.78 Å². The van der Waals surface area contributed by atoms with Gasteiger partial charge in [0, 0.05) is 0 Å². The molecule has 0 radical (unpaired) electrons. The Labute approximate surface area is 130 Å². The molecule has 7 heteroatoms. The fourth-order valence-electron chi connectivity index (χ4n) is 2.15. The first-order valence-electron chi connectivity index (χ1n) is 6.38. The molecule has 0 amide bonds. The van der Waals surface area contributed by atoms with Crippen LogP contribution < -0.4 is 4.74 Å². The molecule has 1 aromatic carbocycles. The second-order valence-electron chi connectivity index (χ2n) is 4.51. The van der Waals surface area contributed by atoms with Crippen molar-refractivity contribution < 1.29 is 19.7 Å². The number of carboxylic acids is 1. The van der Waals surface area contributed by atoms with Crippen LogP contribution in [-0.4, -0.2) is 25.6 Å². The van der Waals surface area contributed by atoms with Gasteiger partial charge in [-0.3, -0.25) is 4.40 Å². The van der Waals surface area contributed by atoms with Gasteiger partial charge in [0.25, 0.3) is 0 Å². The Hall–Kier alpha value is -2.73. The summed E-state index contributed by atoms with van der Waals surface area (Å²) >= 11 is 6.00. The average molecular weight is 319 g/mol. The summed E-state index contributed by atoms with van der Waals surface area (Å²) in [5.74, 6) is -0.569. The molecule has 3 aromatic rings. The summed E-state index contributed by atoms with van der Waals surface area (Å²) in [7, 11) is 0. The number of para-hydroxylation sites is 1. The lowest BCUT2D eigenvalue weighted by molar-refractivity contribution is 0.0693. The van der Waals surface area contributed by atoms with E-state index in [0.29, 0.717) is 16.3 Å².